The molecule has 0 atom stereocenters. The van der Waals surface area contributed by atoms with Gasteiger partial charge in [-0.2, -0.15) is 0 Å². The van der Waals surface area contributed by atoms with Crippen LogP contribution in [0, 0.1) is 5.82 Å². The van der Waals surface area contributed by atoms with Crippen LogP contribution in [0.3, 0.4) is 0 Å². The molecule has 0 aliphatic heterocycles. The lowest BCUT2D eigenvalue weighted by atomic mass is 10.2. The zero-order chi connectivity index (χ0) is 16.1. The third-order valence-corrected chi connectivity index (χ3v) is 4.31. The quantitative estimate of drug-likeness (QED) is 0.404. The molecule has 2 heterocycles. The summed E-state index contributed by atoms with van der Waals surface area (Å²) in [5.41, 5.74) is 0.878. The summed E-state index contributed by atoms with van der Waals surface area (Å²) in [6.45, 7) is 1.70. The molecule has 128 valence electrons. The second-order valence-electron chi connectivity index (χ2n) is 4.99. The molecule has 0 saturated carbocycles. The molecule has 0 saturated heterocycles. The van der Waals surface area contributed by atoms with Crippen molar-refractivity contribution in [2.75, 3.05) is 12.3 Å². The molecule has 0 fully saturated rings. The van der Waals surface area contributed by atoms with Gasteiger partial charge in [0.2, 0.25) is 5.16 Å². The van der Waals surface area contributed by atoms with Gasteiger partial charge in [0, 0.05) is 12.6 Å². The van der Waals surface area contributed by atoms with Gasteiger partial charge in [-0.3, -0.25) is 0 Å². The summed E-state index contributed by atoms with van der Waals surface area (Å²) in [5.74, 6) is 2.33. The highest BCUT2D eigenvalue weighted by Gasteiger charge is 2.07. The molecule has 0 bridgehead atoms. The zero-order valence-corrected chi connectivity index (χ0v) is 14.6. The lowest BCUT2D eigenvalue weighted by Crippen LogP contribution is -3.00. The molecular weight excluding hydrogens is 353 g/mol. The minimum atomic E-state index is -0.246. The Bertz CT molecular complexity index is 761. The summed E-state index contributed by atoms with van der Waals surface area (Å²) in [6.07, 6.45) is 0. The Balaban J connectivity index is 0.00000208. The molecule has 0 radical (unpaired) electrons. The van der Waals surface area contributed by atoms with Crippen LogP contribution in [-0.4, -0.2) is 32.5 Å². The molecule has 2 aromatic heterocycles. The molecule has 1 aromatic carbocycles. The molecule has 0 spiro atoms. The topological polar surface area (TPSA) is 73.3 Å². The lowest BCUT2D eigenvalue weighted by Gasteiger charge is -2.00. The largest absolute Gasteiger partial charge is 1.00 e. The van der Waals surface area contributed by atoms with Crippen LogP contribution in [0.2, 0.25) is 0 Å². The van der Waals surface area contributed by atoms with Crippen LogP contribution in [0.15, 0.2) is 46.0 Å². The summed E-state index contributed by atoms with van der Waals surface area (Å²) < 4.78 is 20.4. The minimum Gasteiger partial charge on any atom is -1.00 e. The van der Waals surface area contributed by atoms with Crippen molar-refractivity contribution in [3.05, 3.63) is 48.0 Å². The van der Waals surface area contributed by atoms with Gasteiger partial charge in [0.15, 0.2) is 5.76 Å². The maximum absolute atomic E-state index is 12.9. The van der Waals surface area contributed by atoms with E-state index < -0.39 is 0 Å². The van der Waals surface area contributed by atoms with Crippen molar-refractivity contribution in [1.82, 2.24) is 20.2 Å². The molecular formula is C15H17ClFN5OS. The molecule has 6 nitrogen and oxygen atoms in total. The molecule has 3 rings (SSSR count). The number of aromatic nitrogens is 4. The average molecular weight is 370 g/mol. The second-order valence-corrected chi connectivity index (χ2v) is 6.05. The molecule has 0 aliphatic rings. The number of halogens is 2. The molecule has 0 unspecified atom stereocenters. The van der Waals surface area contributed by atoms with Crippen LogP contribution in [0.25, 0.3) is 11.3 Å². The number of thioether (sulfide) groups is 1. The highest BCUT2D eigenvalue weighted by atomic mass is 35.5. The monoisotopic (exact) mass is 369 g/mol. The van der Waals surface area contributed by atoms with Crippen molar-refractivity contribution in [3.8, 4) is 11.3 Å². The molecule has 3 aromatic rings. The highest BCUT2D eigenvalue weighted by Crippen LogP contribution is 2.21. The number of hydrogen-bond donors (Lipinski definition) is 1. The predicted octanol–water partition coefficient (Wildman–Crippen LogP) is -1.53. The Morgan fingerprint density at radius 3 is 2.71 bits per heavy atom. The molecule has 9 heteroatoms. The van der Waals surface area contributed by atoms with Crippen molar-refractivity contribution in [2.45, 2.75) is 11.7 Å². The number of rotatable bonds is 7. The van der Waals surface area contributed by atoms with Gasteiger partial charge >= 0.3 is 0 Å². The van der Waals surface area contributed by atoms with Gasteiger partial charge in [0.1, 0.15) is 18.1 Å². The van der Waals surface area contributed by atoms with Crippen LogP contribution < -0.4 is 17.7 Å². The summed E-state index contributed by atoms with van der Waals surface area (Å²) in [5, 5.41) is 14.3. The molecule has 0 amide bonds. The molecule has 2 N–H and O–H groups in total. The van der Waals surface area contributed by atoms with Crippen molar-refractivity contribution in [2.24, 2.45) is 7.05 Å². The summed E-state index contributed by atoms with van der Waals surface area (Å²) in [6, 6.07) is 10.2. The fourth-order valence-corrected chi connectivity index (χ4v) is 2.86. The number of hydrogen-bond acceptors (Lipinski definition) is 5. The number of quaternary nitrogens is 1. The van der Waals surface area contributed by atoms with Gasteiger partial charge in [0.25, 0.3) is 0 Å². The predicted molar refractivity (Wildman–Crippen MR) is 84.1 cm³/mol. The van der Waals surface area contributed by atoms with Gasteiger partial charge in [-0.1, -0.05) is 11.8 Å². The van der Waals surface area contributed by atoms with E-state index in [-0.39, 0.29) is 18.2 Å². The highest BCUT2D eigenvalue weighted by molar-refractivity contribution is 7.99. The molecule has 24 heavy (non-hydrogen) atoms. The Morgan fingerprint density at radius 2 is 2.00 bits per heavy atom. The Hall–Kier alpha value is -1.90. The van der Waals surface area contributed by atoms with Gasteiger partial charge in [0.05, 0.1) is 12.3 Å². The number of furan rings is 1. The fraction of sp³-hybridized carbons (Fsp3) is 0.267. The number of aryl methyl sites for hydroxylation is 1. The third kappa shape index (κ3) is 4.80. The standard InChI is InChI=1S/C15H16FN5OS.ClH/c1-21-15(18-19-20-21)23-9-8-17-10-13-6-7-14(22-13)11-2-4-12(16)5-3-11;/h2-7,17H,8-10H2,1H3;1H. The minimum absolute atomic E-state index is 0. The maximum atomic E-state index is 12.9. The van der Waals surface area contributed by atoms with Crippen molar-refractivity contribution in [3.63, 3.8) is 0 Å². The smallest absolute Gasteiger partial charge is 0.209 e. The first-order valence-corrected chi connectivity index (χ1v) is 8.22. The van der Waals surface area contributed by atoms with Gasteiger partial charge in [-0.25, -0.2) is 9.07 Å². The van der Waals surface area contributed by atoms with Crippen LogP contribution in [0.5, 0.6) is 0 Å². The SMILES string of the molecule is Cn1nnnc1SCC[NH2+]Cc1ccc(-c2ccc(F)cc2)o1.[Cl-]. The summed E-state index contributed by atoms with van der Waals surface area (Å²) in [7, 11) is 1.83. The number of tetrazole rings is 1. The average Bonchev–Trinajstić information content (AvgIpc) is 3.17. The van der Waals surface area contributed by atoms with Gasteiger partial charge in [-0.15, -0.1) is 5.10 Å². The zero-order valence-electron chi connectivity index (χ0n) is 13.0. The van der Waals surface area contributed by atoms with Crippen molar-refractivity contribution in [1.29, 1.82) is 0 Å². The summed E-state index contributed by atoms with van der Waals surface area (Å²) >= 11 is 1.62. The Kier molecular flexibility index (Phi) is 6.77. The lowest BCUT2D eigenvalue weighted by molar-refractivity contribution is -0.668. The van der Waals surface area contributed by atoms with E-state index in [0.29, 0.717) is 0 Å². The number of nitrogens with two attached hydrogens (primary N) is 1. The second kappa shape index (κ2) is 8.81. The maximum Gasteiger partial charge on any atom is 0.209 e. The van der Waals surface area contributed by atoms with E-state index in [2.05, 4.69) is 20.8 Å². The first-order chi connectivity index (χ1) is 11.2. The van der Waals surface area contributed by atoms with E-state index in [1.54, 1.807) is 28.6 Å². The third-order valence-electron chi connectivity index (χ3n) is 3.27. The molecule has 0 aliphatic carbocycles. The van der Waals surface area contributed by atoms with E-state index in [1.807, 2.05) is 19.2 Å². The first kappa shape index (κ1) is 18.4. The van der Waals surface area contributed by atoms with Gasteiger partial charge < -0.3 is 22.1 Å². The van der Waals surface area contributed by atoms with E-state index in [1.165, 1.54) is 12.1 Å². The van der Waals surface area contributed by atoms with Crippen LogP contribution >= 0.6 is 11.8 Å². The fourth-order valence-electron chi connectivity index (χ4n) is 2.08. The summed E-state index contributed by atoms with van der Waals surface area (Å²) in [4.78, 5) is 0. The van der Waals surface area contributed by atoms with E-state index in [0.717, 1.165) is 41.1 Å². The Morgan fingerprint density at radius 1 is 1.21 bits per heavy atom. The van der Waals surface area contributed by atoms with E-state index in [4.69, 9.17) is 4.42 Å². The van der Waals surface area contributed by atoms with Crippen LogP contribution in [-0.2, 0) is 13.6 Å². The van der Waals surface area contributed by atoms with E-state index in [9.17, 15) is 4.39 Å². The van der Waals surface area contributed by atoms with E-state index >= 15 is 0 Å². The number of benzene rings is 1. The van der Waals surface area contributed by atoms with Crippen LogP contribution in [0.4, 0.5) is 4.39 Å². The normalized spacial score (nSPS) is 10.6. The van der Waals surface area contributed by atoms with Crippen molar-refractivity contribution < 1.29 is 26.5 Å². The number of nitrogens with zero attached hydrogens (tertiary/aromatic N) is 4. The first-order valence-electron chi connectivity index (χ1n) is 7.24. The van der Waals surface area contributed by atoms with Crippen LogP contribution in [0.1, 0.15) is 5.76 Å². The van der Waals surface area contributed by atoms with Gasteiger partial charge in [-0.05, 0) is 46.8 Å². The Labute approximate surface area is 149 Å². The van der Waals surface area contributed by atoms with Crippen molar-refractivity contribution >= 4 is 11.8 Å².